The van der Waals surface area contributed by atoms with E-state index in [9.17, 15) is 50.8 Å². The lowest BCUT2D eigenvalue weighted by Crippen LogP contribution is -2.62. The molecule has 8 atom stereocenters. The van der Waals surface area contributed by atoms with Crippen molar-refractivity contribution in [3.63, 3.8) is 0 Å². The van der Waals surface area contributed by atoms with E-state index in [2.05, 4.69) is 0 Å². The second-order valence-corrected chi connectivity index (χ2v) is 10.1. The Bertz CT molecular complexity index is 1280. The van der Waals surface area contributed by atoms with Crippen LogP contribution >= 0.6 is 0 Å². The number of carbonyl (C=O) groups excluding carboxylic acids is 1. The molecule has 2 fully saturated rings. The highest BCUT2D eigenvalue weighted by Gasteiger charge is 2.54. The summed E-state index contributed by atoms with van der Waals surface area (Å²) in [5.41, 5.74) is -1.15. The van der Waals surface area contributed by atoms with Gasteiger partial charge >= 0.3 is 5.97 Å². The summed E-state index contributed by atoms with van der Waals surface area (Å²) in [6, 6.07) is 7.98. The number of aliphatic hydroxyl groups excluding tert-OH is 4. The number of carbonyl (C=O) groups is 1. The summed E-state index contributed by atoms with van der Waals surface area (Å²) in [5, 5.41) is 89.8. The molecule has 0 radical (unpaired) electrons. The largest absolute Gasteiger partial charge is 0.504 e. The Labute approximate surface area is 245 Å². The summed E-state index contributed by atoms with van der Waals surface area (Å²) >= 11 is 0. The van der Waals surface area contributed by atoms with Gasteiger partial charge in [-0.05, 0) is 47.9 Å². The summed E-state index contributed by atoms with van der Waals surface area (Å²) in [6.45, 7) is -2.18. The second-order valence-electron chi connectivity index (χ2n) is 10.1. The van der Waals surface area contributed by atoms with Crippen molar-refractivity contribution in [2.45, 2.75) is 55.1 Å². The number of ether oxygens (including phenoxy) is 5. The quantitative estimate of drug-likeness (QED) is 0.0806. The van der Waals surface area contributed by atoms with Crippen LogP contribution < -0.4 is 0 Å². The van der Waals surface area contributed by atoms with Gasteiger partial charge in [0.15, 0.2) is 41.7 Å². The van der Waals surface area contributed by atoms with Gasteiger partial charge in [-0.1, -0.05) is 12.1 Å². The molecule has 2 aromatic carbocycles. The molecule has 0 bridgehead atoms. The van der Waals surface area contributed by atoms with Gasteiger partial charge in [0.05, 0.1) is 26.4 Å². The molecular formula is C28H34O15. The minimum absolute atomic E-state index is 0.0731. The molecule has 15 heteroatoms. The number of aromatic hydroxyl groups is 4. The molecule has 0 aromatic heterocycles. The Morgan fingerprint density at radius 1 is 0.953 bits per heavy atom. The van der Waals surface area contributed by atoms with Crippen LogP contribution in [0.4, 0.5) is 0 Å². The number of phenols is 4. The summed E-state index contributed by atoms with van der Waals surface area (Å²) in [5.74, 6) is -2.39. The van der Waals surface area contributed by atoms with E-state index in [1.165, 1.54) is 36.4 Å². The summed E-state index contributed by atoms with van der Waals surface area (Å²) in [6.07, 6.45) is -8.43. The third kappa shape index (κ3) is 7.53. The Balaban J connectivity index is 1.50. The maximum absolute atomic E-state index is 12.7. The minimum atomic E-state index is -2.06. The molecule has 0 saturated carbocycles. The number of benzene rings is 2. The Hall–Kier alpha value is -3.51. The molecule has 2 aromatic rings. The van der Waals surface area contributed by atoms with E-state index >= 15 is 0 Å². The van der Waals surface area contributed by atoms with Crippen molar-refractivity contribution in [2.24, 2.45) is 0 Å². The van der Waals surface area contributed by atoms with Crippen LogP contribution in [0.3, 0.4) is 0 Å². The first-order valence-electron chi connectivity index (χ1n) is 13.2. The maximum atomic E-state index is 12.7. The van der Waals surface area contributed by atoms with Crippen LogP contribution in [0, 0.1) is 0 Å². The molecule has 0 amide bonds. The predicted octanol–water partition coefficient (Wildman–Crippen LogP) is -1.40. The van der Waals surface area contributed by atoms with Crippen LogP contribution in [0.15, 0.2) is 42.5 Å². The van der Waals surface area contributed by atoms with Gasteiger partial charge in [-0.15, -0.1) is 0 Å². The highest BCUT2D eigenvalue weighted by molar-refractivity contribution is 5.87. The number of rotatable bonds is 11. The standard InChI is InChI=1S/C28H34O15/c29-11-20-23(42-21(35)6-3-14-1-4-16(31)18(33)9-14)24(43-27-25(37)28(38,12-30)13-40-27)22(36)26(41-20)39-8-7-15-2-5-17(32)19(34)10-15/h1-6,9-10,20,22-27,29-34,36-38H,7-8,11-13H2. The van der Waals surface area contributed by atoms with Crippen LogP contribution in [-0.4, -0.2) is 127 Å². The highest BCUT2D eigenvalue weighted by atomic mass is 16.7. The topological polar surface area (TPSA) is 245 Å². The van der Waals surface area contributed by atoms with E-state index in [1.807, 2.05) is 0 Å². The van der Waals surface area contributed by atoms with Crippen molar-refractivity contribution in [1.29, 1.82) is 0 Å². The zero-order chi connectivity index (χ0) is 31.3. The molecule has 2 heterocycles. The summed E-state index contributed by atoms with van der Waals surface area (Å²) in [4.78, 5) is 12.7. The first-order valence-corrected chi connectivity index (χ1v) is 13.2. The SMILES string of the molecule is O=C(C=Cc1ccc(O)c(O)c1)OC1C(CO)OC(OCCc2ccc(O)c(O)c2)C(O)C1OC1OCC(O)(CO)C1O. The molecule has 43 heavy (non-hydrogen) atoms. The van der Waals surface area contributed by atoms with E-state index in [0.717, 1.165) is 6.08 Å². The Morgan fingerprint density at radius 2 is 1.65 bits per heavy atom. The fraction of sp³-hybridized carbons (Fsp3) is 0.464. The number of aliphatic hydroxyl groups is 5. The molecule has 2 aliphatic rings. The number of hydrogen-bond acceptors (Lipinski definition) is 15. The van der Waals surface area contributed by atoms with Gasteiger partial charge in [-0.2, -0.15) is 0 Å². The van der Waals surface area contributed by atoms with Gasteiger partial charge in [-0.3, -0.25) is 0 Å². The van der Waals surface area contributed by atoms with Crippen LogP contribution in [-0.2, 0) is 34.9 Å². The van der Waals surface area contributed by atoms with Crippen LogP contribution in [0.1, 0.15) is 11.1 Å². The molecule has 2 saturated heterocycles. The third-order valence-corrected chi connectivity index (χ3v) is 7.04. The van der Waals surface area contributed by atoms with Gasteiger partial charge < -0.3 is 69.6 Å². The van der Waals surface area contributed by atoms with Gasteiger partial charge in [0.1, 0.15) is 30.0 Å². The van der Waals surface area contributed by atoms with Crippen LogP contribution in [0.2, 0.25) is 0 Å². The normalized spacial score (nSPS) is 31.0. The van der Waals surface area contributed by atoms with Crippen molar-refractivity contribution in [1.82, 2.24) is 0 Å². The average molecular weight is 611 g/mol. The third-order valence-electron chi connectivity index (χ3n) is 7.04. The molecule has 15 nitrogen and oxygen atoms in total. The number of esters is 1. The molecule has 236 valence electrons. The first-order chi connectivity index (χ1) is 20.4. The lowest BCUT2D eigenvalue weighted by atomic mass is 9.97. The lowest BCUT2D eigenvalue weighted by molar-refractivity contribution is -0.330. The second kappa shape index (κ2) is 13.9. The van der Waals surface area contributed by atoms with Crippen LogP contribution in [0.25, 0.3) is 6.08 Å². The molecule has 0 aliphatic carbocycles. The highest BCUT2D eigenvalue weighted by Crippen LogP contribution is 2.33. The molecule has 2 aliphatic heterocycles. The summed E-state index contributed by atoms with van der Waals surface area (Å²) in [7, 11) is 0. The predicted molar refractivity (Wildman–Crippen MR) is 143 cm³/mol. The van der Waals surface area contributed by atoms with E-state index < -0.39 is 80.2 Å². The van der Waals surface area contributed by atoms with E-state index in [4.69, 9.17) is 23.7 Å². The minimum Gasteiger partial charge on any atom is -0.504 e. The maximum Gasteiger partial charge on any atom is 0.331 e. The van der Waals surface area contributed by atoms with Crippen molar-refractivity contribution >= 4 is 12.0 Å². The fourth-order valence-electron chi connectivity index (χ4n) is 4.54. The van der Waals surface area contributed by atoms with Crippen molar-refractivity contribution < 1.29 is 74.4 Å². The average Bonchev–Trinajstić information content (AvgIpc) is 3.27. The van der Waals surface area contributed by atoms with Crippen molar-refractivity contribution in [2.75, 3.05) is 26.4 Å². The fourth-order valence-corrected chi connectivity index (χ4v) is 4.54. The number of phenolic OH excluding ortho intramolecular Hbond substituents is 4. The van der Waals surface area contributed by atoms with Crippen LogP contribution in [0.5, 0.6) is 23.0 Å². The van der Waals surface area contributed by atoms with Crippen molar-refractivity contribution in [3.05, 3.63) is 53.6 Å². The number of hydrogen-bond donors (Lipinski definition) is 9. The zero-order valence-corrected chi connectivity index (χ0v) is 22.7. The zero-order valence-electron chi connectivity index (χ0n) is 22.7. The van der Waals surface area contributed by atoms with E-state index in [0.29, 0.717) is 11.1 Å². The Kier molecular flexibility index (Phi) is 10.4. The molecule has 8 unspecified atom stereocenters. The molecule has 0 spiro atoms. The Morgan fingerprint density at radius 3 is 2.28 bits per heavy atom. The summed E-state index contributed by atoms with van der Waals surface area (Å²) < 4.78 is 27.8. The molecular weight excluding hydrogens is 576 g/mol. The van der Waals surface area contributed by atoms with E-state index in [-0.39, 0.29) is 30.3 Å². The molecule has 4 rings (SSSR count). The van der Waals surface area contributed by atoms with Gasteiger partial charge in [0.25, 0.3) is 0 Å². The first kappa shape index (κ1) is 32.4. The monoisotopic (exact) mass is 610 g/mol. The van der Waals surface area contributed by atoms with Gasteiger partial charge in [0.2, 0.25) is 0 Å². The van der Waals surface area contributed by atoms with E-state index in [1.54, 1.807) is 6.07 Å². The molecule has 9 N–H and O–H groups in total. The van der Waals surface area contributed by atoms with Gasteiger partial charge in [-0.25, -0.2) is 4.79 Å². The lowest BCUT2D eigenvalue weighted by Gasteiger charge is -2.44. The van der Waals surface area contributed by atoms with Crippen molar-refractivity contribution in [3.8, 4) is 23.0 Å². The smallest absolute Gasteiger partial charge is 0.331 e. The van der Waals surface area contributed by atoms with Gasteiger partial charge in [0, 0.05) is 6.08 Å².